The van der Waals surface area contributed by atoms with Crippen molar-refractivity contribution in [3.05, 3.63) is 35.4 Å². The summed E-state index contributed by atoms with van der Waals surface area (Å²) in [6, 6.07) is 3.16. The fraction of sp³-hybridized carbons (Fsp3) is 0.591. The molecule has 1 saturated heterocycles. The van der Waals surface area contributed by atoms with Crippen molar-refractivity contribution in [2.24, 2.45) is 28.9 Å². The third-order valence-electron chi connectivity index (χ3n) is 7.17. The van der Waals surface area contributed by atoms with E-state index in [2.05, 4.69) is 5.32 Å². The van der Waals surface area contributed by atoms with Crippen molar-refractivity contribution >= 4 is 17.8 Å². The number of urea groups is 1. The molecule has 1 aromatic rings. The highest BCUT2D eigenvalue weighted by Crippen LogP contribution is 2.66. The third-order valence-corrected chi connectivity index (χ3v) is 7.17. The first kappa shape index (κ1) is 20.8. The molecule has 0 radical (unpaired) electrons. The molecule has 0 bridgehead atoms. The van der Waals surface area contributed by atoms with Crippen molar-refractivity contribution in [3.63, 3.8) is 0 Å². The molecule has 6 nitrogen and oxygen atoms in total. The van der Waals surface area contributed by atoms with Crippen LogP contribution in [0.15, 0.2) is 18.2 Å². The predicted molar refractivity (Wildman–Crippen MR) is 105 cm³/mol. The van der Waals surface area contributed by atoms with Gasteiger partial charge in [-0.25, -0.2) is 13.6 Å². The molecule has 30 heavy (non-hydrogen) atoms. The second-order valence-electron chi connectivity index (χ2n) is 9.12. The van der Waals surface area contributed by atoms with Gasteiger partial charge in [0, 0.05) is 19.5 Å². The lowest BCUT2D eigenvalue weighted by molar-refractivity contribution is -0.134. The monoisotopic (exact) mass is 419 g/mol. The van der Waals surface area contributed by atoms with Crippen LogP contribution in [0.25, 0.3) is 0 Å². The van der Waals surface area contributed by atoms with Crippen LogP contribution in [0.2, 0.25) is 0 Å². The molecular weight excluding hydrogens is 392 g/mol. The van der Waals surface area contributed by atoms with Crippen LogP contribution in [-0.2, 0) is 9.59 Å². The van der Waals surface area contributed by atoms with Crippen LogP contribution < -0.4 is 11.1 Å². The predicted octanol–water partition coefficient (Wildman–Crippen LogP) is 2.92. The Morgan fingerprint density at radius 1 is 1.20 bits per heavy atom. The van der Waals surface area contributed by atoms with Crippen LogP contribution in [0.1, 0.15) is 50.5 Å². The fourth-order valence-corrected chi connectivity index (χ4v) is 5.34. The van der Waals surface area contributed by atoms with Gasteiger partial charge in [0.25, 0.3) is 0 Å². The number of hydrogen-bond acceptors (Lipinski definition) is 3. The van der Waals surface area contributed by atoms with Crippen molar-refractivity contribution in [1.82, 2.24) is 10.2 Å². The maximum Gasteiger partial charge on any atom is 0.318 e. The van der Waals surface area contributed by atoms with Crippen LogP contribution in [0.5, 0.6) is 0 Å². The van der Waals surface area contributed by atoms with Crippen molar-refractivity contribution in [3.8, 4) is 0 Å². The Morgan fingerprint density at radius 2 is 1.93 bits per heavy atom. The van der Waals surface area contributed by atoms with Gasteiger partial charge >= 0.3 is 6.03 Å². The zero-order valence-electron chi connectivity index (χ0n) is 17.0. The van der Waals surface area contributed by atoms with Crippen molar-refractivity contribution < 1.29 is 23.2 Å². The average molecular weight is 419 g/mol. The van der Waals surface area contributed by atoms with Crippen molar-refractivity contribution in [1.29, 1.82) is 0 Å². The SMILES string of the molecule is C[C@H]1CN(C(=O)CC2C[C@]2(C(=O)NC(N)=O)C2CC2)CC[C@H]1c1ccc(F)c(F)c1. The van der Waals surface area contributed by atoms with Gasteiger partial charge < -0.3 is 10.6 Å². The highest BCUT2D eigenvalue weighted by molar-refractivity contribution is 5.99. The van der Waals surface area contributed by atoms with Gasteiger partial charge in [0.1, 0.15) is 0 Å². The number of amides is 4. The Kier molecular flexibility index (Phi) is 5.28. The summed E-state index contributed by atoms with van der Waals surface area (Å²) >= 11 is 0. The molecule has 1 unspecified atom stereocenters. The minimum Gasteiger partial charge on any atom is -0.351 e. The first-order valence-corrected chi connectivity index (χ1v) is 10.6. The number of rotatable bonds is 5. The number of imide groups is 1. The van der Waals surface area contributed by atoms with Gasteiger partial charge in [-0.15, -0.1) is 0 Å². The molecule has 2 aliphatic carbocycles. The van der Waals surface area contributed by atoms with Gasteiger partial charge in [0.05, 0.1) is 5.41 Å². The van der Waals surface area contributed by atoms with Crippen molar-refractivity contribution in [2.75, 3.05) is 13.1 Å². The minimum absolute atomic E-state index is 0.00462. The summed E-state index contributed by atoms with van der Waals surface area (Å²) in [6.07, 6.45) is 3.45. The Balaban J connectivity index is 1.36. The maximum absolute atomic E-state index is 13.6. The van der Waals surface area contributed by atoms with Crippen molar-refractivity contribution in [2.45, 2.75) is 44.9 Å². The molecule has 1 aliphatic heterocycles. The molecule has 3 fully saturated rings. The largest absolute Gasteiger partial charge is 0.351 e. The van der Waals surface area contributed by atoms with E-state index in [0.29, 0.717) is 25.9 Å². The van der Waals surface area contributed by atoms with Crippen LogP contribution >= 0.6 is 0 Å². The van der Waals surface area contributed by atoms with E-state index in [1.807, 2.05) is 11.8 Å². The number of primary amides is 1. The maximum atomic E-state index is 13.6. The zero-order valence-corrected chi connectivity index (χ0v) is 17.0. The summed E-state index contributed by atoms with van der Waals surface area (Å²) in [5, 5.41) is 2.21. The molecule has 1 heterocycles. The Morgan fingerprint density at radius 3 is 2.53 bits per heavy atom. The summed E-state index contributed by atoms with van der Waals surface area (Å²) in [5.74, 6) is -1.70. The number of halogens is 2. The lowest BCUT2D eigenvalue weighted by atomic mass is 9.81. The van der Waals surface area contributed by atoms with E-state index >= 15 is 0 Å². The Bertz CT molecular complexity index is 888. The van der Waals surface area contributed by atoms with E-state index in [9.17, 15) is 23.2 Å². The number of benzene rings is 1. The molecule has 0 spiro atoms. The second kappa shape index (κ2) is 7.63. The lowest BCUT2D eigenvalue weighted by Crippen LogP contribution is -2.44. The zero-order chi connectivity index (χ0) is 21.6. The van der Waals surface area contributed by atoms with Crippen LogP contribution in [0.3, 0.4) is 0 Å². The summed E-state index contributed by atoms with van der Waals surface area (Å²) < 4.78 is 26.8. The van der Waals surface area contributed by atoms with E-state index in [0.717, 1.165) is 24.5 Å². The second-order valence-corrected chi connectivity index (χ2v) is 9.12. The molecular formula is C22H27F2N3O3. The molecule has 3 N–H and O–H groups in total. The standard InChI is InChI=1S/C22H27F2N3O3/c1-12-11-27(7-6-16(12)13-2-5-17(23)18(24)8-13)19(28)9-15-10-22(15,14-3-4-14)20(29)26-21(25)30/h2,5,8,12,14-16H,3-4,6-7,9-11H2,1H3,(H3,25,26,29,30)/t12-,15?,16+,22-/m0/s1. The van der Waals surface area contributed by atoms with Gasteiger partial charge in [-0.1, -0.05) is 13.0 Å². The highest BCUT2D eigenvalue weighted by Gasteiger charge is 2.67. The topological polar surface area (TPSA) is 92.5 Å². The Labute approximate surface area is 174 Å². The molecule has 3 aliphatic rings. The number of nitrogens with one attached hydrogen (secondary N) is 1. The first-order valence-electron chi connectivity index (χ1n) is 10.6. The van der Waals surface area contributed by atoms with Gasteiger partial charge in [-0.05, 0) is 67.1 Å². The quantitative estimate of drug-likeness (QED) is 0.769. The van der Waals surface area contributed by atoms with Gasteiger partial charge in [-0.2, -0.15) is 0 Å². The summed E-state index contributed by atoms with van der Waals surface area (Å²) in [5.41, 5.74) is 5.24. The number of carbonyl (C=O) groups excluding carboxylic acids is 3. The van der Waals surface area contributed by atoms with Crippen LogP contribution in [-0.4, -0.2) is 35.8 Å². The summed E-state index contributed by atoms with van der Waals surface area (Å²) in [4.78, 5) is 38.3. The molecule has 4 atom stereocenters. The highest BCUT2D eigenvalue weighted by atomic mass is 19.2. The molecule has 4 amide bonds. The average Bonchev–Trinajstić information content (AvgIpc) is 3.57. The number of nitrogens with zero attached hydrogens (tertiary/aromatic N) is 1. The molecule has 8 heteroatoms. The number of nitrogens with two attached hydrogens (primary N) is 1. The summed E-state index contributed by atoms with van der Waals surface area (Å²) in [6.45, 7) is 3.10. The molecule has 2 saturated carbocycles. The van der Waals surface area contributed by atoms with Crippen LogP contribution in [0.4, 0.5) is 13.6 Å². The molecule has 0 aromatic heterocycles. The van der Waals surface area contributed by atoms with E-state index in [4.69, 9.17) is 5.73 Å². The smallest absolute Gasteiger partial charge is 0.318 e. The molecule has 162 valence electrons. The number of carbonyl (C=O) groups is 3. The van der Waals surface area contributed by atoms with E-state index in [-0.39, 0.29) is 41.9 Å². The normalized spacial score (nSPS) is 30.6. The number of hydrogen-bond donors (Lipinski definition) is 2. The first-order chi connectivity index (χ1) is 14.2. The van der Waals surface area contributed by atoms with E-state index < -0.39 is 23.1 Å². The number of likely N-dealkylation sites (tertiary alicyclic amines) is 1. The fourth-order valence-electron chi connectivity index (χ4n) is 5.34. The third kappa shape index (κ3) is 3.79. The van der Waals surface area contributed by atoms with E-state index in [1.165, 1.54) is 6.07 Å². The number of piperidine rings is 1. The Hall–Kier alpha value is -2.51. The lowest BCUT2D eigenvalue weighted by Gasteiger charge is -2.37. The summed E-state index contributed by atoms with van der Waals surface area (Å²) in [7, 11) is 0. The van der Waals surface area contributed by atoms with Gasteiger partial charge in [-0.3, -0.25) is 14.9 Å². The van der Waals surface area contributed by atoms with Gasteiger partial charge in [0.15, 0.2) is 11.6 Å². The van der Waals surface area contributed by atoms with E-state index in [1.54, 1.807) is 6.07 Å². The molecule has 1 aromatic carbocycles. The molecule has 4 rings (SSSR count). The minimum atomic E-state index is -0.858. The van der Waals surface area contributed by atoms with Gasteiger partial charge in [0.2, 0.25) is 11.8 Å². The van der Waals surface area contributed by atoms with Crippen LogP contribution in [0, 0.1) is 34.8 Å².